The number of carbonyl (C=O) groups is 3. The molecule has 248 valence electrons. The van der Waals surface area contributed by atoms with Crippen molar-refractivity contribution >= 4 is 35.0 Å². The molecule has 10 heteroatoms. The molecule has 2 aromatic rings. The fourth-order valence-corrected chi connectivity index (χ4v) is 7.38. The summed E-state index contributed by atoms with van der Waals surface area (Å²) < 4.78 is 11.8. The van der Waals surface area contributed by atoms with Crippen LogP contribution in [0.2, 0.25) is 0 Å². The largest absolute Gasteiger partial charge is 0.444 e. The molecule has 2 N–H and O–H groups in total. The van der Waals surface area contributed by atoms with Crippen molar-refractivity contribution in [3.05, 3.63) is 54.1 Å². The standard InChI is InChI=1S/C36H49N5O5/c1-35(2,3)46-34(44)37-28-7-9-29(10-8-28)40-17-13-26(14-18-40)24-39-19-15-36(16-20-39)25-41(21-22-45-36)30-6-4-5-27(23-30)31-11-12-32(42)38-33(31)43/h4-10,23,26,31H,11-22,24-25H2,1-3H3,(H,37,44)(H,38,42,43). The number of likely N-dealkylation sites (tertiary alicyclic amines) is 1. The van der Waals surface area contributed by atoms with Crippen LogP contribution < -0.4 is 20.4 Å². The molecule has 6 rings (SSSR count). The van der Waals surface area contributed by atoms with Gasteiger partial charge in [-0.05, 0) is 101 Å². The van der Waals surface area contributed by atoms with E-state index >= 15 is 0 Å². The summed E-state index contributed by atoms with van der Waals surface area (Å²) in [6.07, 6.45) is 4.92. The second kappa shape index (κ2) is 13.6. The zero-order valence-corrected chi connectivity index (χ0v) is 27.6. The van der Waals surface area contributed by atoms with Crippen LogP contribution in [0.3, 0.4) is 0 Å². The van der Waals surface area contributed by atoms with E-state index in [9.17, 15) is 14.4 Å². The number of nitrogens with one attached hydrogen (secondary N) is 2. The fourth-order valence-electron chi connectivity index (χ4n) is 7.38. The molecule has 0 bridgehead atoms. The van der Waals surface area contributed by atoms with Gasteiger partial charge >= 0.3 is 6.09 Å². The molecule has 0 aliphatic carbocycles. The third-order valence-corrected chi connectivity index (χ3v) is 9.90. The number of anilines is 3. The summed E-state index contributed by atoms with van der Waals surface area (Å²) in [7, 11) is 0. The zero-order valence-electron chi connectivity index (χ0n) is 27.6. The van der Waals surface area contributed by atoms with Gasteiger partial charge in [0, 0.05) is 69.3 Å². The number of hydrogen-bond donors (Lipinski definition) is 2. The SMILES string of the molecule is CC(C)(C)OC(=O)Nc1ccc(N2CCC(CN3CCC4(CC3)CN(c3cccc(C5CCC(=O)NC5=O)c3)CCO4)CC2)cc1. The van der Waals surface area contributed by atoms with Crippen molar-refractivity contribution < 1.29 is 23.9 Å². The van der Waals surface area contributed by atoms with Crippen molar-refractivity contribution in [1.82, 2.24) is 10.2 Å². The van der Waals surface area contributed by atoms with Gasteiger partial charge in [-0.25, -0.2) is 4.79 Å². The molecule has 10 nitrogen and oxygen atoms in total. The molecule has 4 saturated heterocycles. The molecule has 1 atom stereocenters. The van der Waals surface area contributed by atoms with E-state index in [4.69, 9.17) is 9.47 Å². The van der Waals surface area contributed by atoms with E-state index in [1.54, 1.807) is 0 Å². The van der Waals surface area contributed by atoms with Crippen molar-refractivity contribution in [2.75, 3.05) is 67.5 Å². The monoisotopic (exact) mass is 631 g/mol. The van der Waals surface area contributed by atoms with E-state index in [1.807, 2.05) is 45.0 Å². The van der Waals surface area contributed by atoms with Crippen LogP contribution in [-0.2, 0) is 19.1 Å². The number of carbonyl (C=O) groups excluding carboxylic acids is 3. The molecule has 4 heterocycles. The van der Waals surface area contributed by atoms with Crippen molar-refractivity contribution in [1.29, 1.82) is 0 Å². The van der Waals surface area contributed by atoms with Crippen LogP contribution in [0.4, 0.5) is 21.9 Å². The van der Waals surface area contributed by atoms with Gasteiger partial charge in [0.15, 0.2) is 0 Å². The highest BCUT2D eigenvalue weighted by Gasteiger charge is 2.40. The Bertz CT molecular complexity index is 1390. The number of piperidine rings is 3. The zero-order chi connectivity index (χ0) is 32.3. The summed E-state index contributed by atoms with van der Waals surface area (Å²) in [6.45, 7) is 13.3. The summed E-state index contributed by atoms with van der Waals surface area (Å²) in [4.78, 5) is 43.7. The fraction of sp³-hybridized carbons (Fsp3) is 0.583. The van der Waals surface area contributed by atoms with Crippen LogP contribution in [0.1, 0.15) is 70.8 Å². The Balaban J connectivity index is 0.955. The van der Waals surface area contributed by atoms with Gasteiger partial charge in [-0.15, -0.1) is 0 Å². The smallest absolute Gasteiger partial charge is 0.412 e. The second-order valence-corrected chi connectivity index (χ2v) is 14.5. The van der Waals surface area contributed by atoms with Crippen LogP contribution >= 0.6 is 0 Å². The predicted octanol–water partition coefficient (Wildman–Crippen LogP) is 5.14. The predicted molar refractivity (Wildman–Crippen MR) is 179 cm³/mol. The maximum Gasteiger partial charge on any atom is 0.412 e. The maximum absolute atomic E-state index is 12.5. The molecule has 4 fully saturated rings. The van der Waals surface area contributed by atoms with Crippen LogP contribution in [0, 0.1) is 5.92 Å². The van der Waals surface area contributed by atoms with Gasteiger partial charge in [-0.1, -0.05) is 12.1 Å². The summed E-state index contributed by atoms with van der Waals surface area (Å²) >= 11 is 0. The van der Waals surface area contributed by atoms with E-state index in [1.165, 1.54) is 18.5 Å². The summed E-state index contributed by atoms with van der Waals surface area (Å²) in [5.41, 5.74) is 3.39. The highest BCUT2D eigenvalue weighted by molar-refractivity contribution is 6.01. The highest BCUT2D eigenvalue weighted by Crippen LogP contribution is 2.35. The maximum atomic E-state index is 12.5. The van der Waals surface area contributed by atoms with Gasteiger partial charge in [0.05, 0.1) is 18.1 Å². The molecular formula is C36H49N5O5. The minimum atomic E-state index is -0.524. The van der Waals surface area contributed by atoms with Gasteiger partial charge in [0.2, 0.25) is 11.8 Å². The first-order valence-corrected chi connectivity index (χ1v) is 16.9. The molecule has 0 radical (unpaired) electrons. The molecule has 2 aromatic carbocycles. The van der Waals surface area contributed by atoms with Crippen molar-refractivity contribution in [2.24, 2.45) is 5.92 Å². The molecule has 1 unspecified atom stereocenters. The third-order valence-electron chi connectivity index (χ3n) is 9.90. The topological polar surface area (TPSA) is 103 Å². The van der Waals surface area contributed by atoms with Crippen molar-refractivity contribution in [3.8, 4) is 0 Å². The first-order valence-electron chi connectivity index (χ1n) is 16.9. The molecular weight excluding hydrogens is 582 g/mol. The number of rotatable bonds is 6. The molecule has 0 saturated carbocycles. The minimum Gasteiger partial charge on any atom is -0.444 e. The van der Waals surface area contributed by atoms with E-state index in [-0.39, 0.29) is 23.3 Å². The summed E-state index contributed by atoms with van der Waals surface area (Å²) in [5.74, 6) is 0.0595. The van der Waals surface area contributed by atoms with E-state index in [0.717, 1.165) is 75.6 Å². The number of morpholine rings is 1. The van der Waals surface area contributed by atoms with Crippen LogP contribution in [0.25, 0.3) is 0 Å². The van der Waals surface area contributed by atoms with Crippen molar-refractivity contribution in [3.63, 3.8) is 0 Å². The number of amides is 3. The number of ether oxygens (including phenoxy) is 2. The highest BCUT2D eigenvalue weighted by atomic mass is 16.6. The van der Waals surface area contributed by atoms with Crippen LogP contribution in [0.15, 0.2) is 48.5 Å². The lowest BCUT2D eigenvalue weighted by Crippen LogP contribution is -2.57. The summed E-state index contributed by atoms with van der Waals surface area (Å²) in [5, 5.41) is 5.31. The quantitative estimate of drug-likeness (QED) is 0.423. The van der Waals surface area contributed by atoms with Gasteiger partial charge in [-0.3, -0.25) is 20.2 Å². The molecule has 4 aliphatic rings. The Kier molecular flexibility index (Phi) is 9.57. The third kappa shape index (κ3) is 8.01. The van der Waals surface area contributed by atoms with Gasteiger partial charge in [-0.2, -0.15) is 0 Å². The minimum absolute atomic E-state index is 0.132. The lowest BCUT2D eigenvalue weighted by Gasteiger charge is -2.48. The molecule has 0 aromatic heterocycles. The average molecular weight is 632 g/mol. The molecule has 46 heavy (non-hydrogen) atoms. The van der Waals surface area contributed by atoms with Gasteiger partial charge < -0.3 is 24.2 Å². The van der Waals surface area contributed by atoms with Crippen LogP contribution in [0.5, 0.6) is 0 Å². The number of benzene rings is 2. The Morgan fingerprint density at radius 1 is 0.957 bits per heavy atom. The number of imide groups is 1. The van der Waals surface area contributed by atoms with E-state index in [2.05, 4.69) is 49.6 Å². The lowest BCUT2D eigenvalue weighted by atomic mass is 9.87. The first kappa shape index (κ1) is 32.3. The number of nitrogens with zero attached hydrogens (tertiary/aromatic N) is 3. The molecule has 4 aliphatic heterocycles. The first-order chi connectivity index (χ1) is 22.0. The number of hydrogen-bond acceptors (Lipinski definition) is 8. The Morgan fingerprint density at radius 3 is 2.39 bits per heavy atom. The van der Waals surface area contributed by atoms with Gasteiger partial charge in [0.25, 0.3) is 0 Å². The normalized spacial score (nSPS) is 22.9. The molecule has 3 amide bonds. The lowest BCUT2D eigenvalue weighted by molar-refractivity contribution is -0.134. The Morgan fingerprint density at radius 2 is 1.70 bits per heavy atom. The van der Waals surface area contributed by atoms with Crippen molar-refractivity contribution in [2.45, 2.75) is 76.4 Å². The van der Waals surface area contributed by atoms with Crippen LogP contribution in [-0.4, -0.2) is 86.4 Å². The summed E-state index contributed by atoms with van der Waals surface area (Å²) in [6, 6.07) is 16.3. The Labute approximate surface area is 272 Å². The molecule has 1 spiro atoms. The van der Waals surface area contributed by atoms with Gasteiger partial charge in [0.1, 0.15) is 5.60 Å². The Hall–Kier alpha value is -3.63. The second-order valence-electron chi connectivity index (χ2n) is 14.5. The van der Waals surface area contributed by atoms with E-state index in [0.29, 0.717) is 25.4 Å². The van der Waals surface area contributed by atoms with E-state index < -0.39 is 11.7 Å². The average Bonchev–Trinajstić information content (AvgIpc) is 3.02.